The Morgan fingerprint density at radius 1 is 0.643 bits per heavy atom. The Labute approximate surface area is 150 Å². The van der Waals surface area contributed by atoms with E-state index in [0.717, 1.165) is 0 Å². The molecule has 0 radical (unpaired) electrons. The van der Waals surface area contributed by atoms with Crippen molar-refractivity contribution < 1.29 is 54.2 Å². The molecule has 28 heavy (non-hydrogen) atoms. The molecule has 2 aromatic rings. The van der Waals surface area contributed by atoms with Crippen LogP contribution in [0.5, 0.6) is 11.5 Å². The molecule has 2 rings (SSSR count). The molecule has 0 heterocycles. The van der Waals surface area contributed by atoms with Gasteiger partial charge in [0.1, 0.15) is 0 Å². The summed E-state index contributed by atoms with van der Waals surface area (Å²) >= 11 is 0. The molecule has 0 atom stereocenters. The molecule has 12 heteroatoms. The lowest BCUT2D eigenvalue weighted by Crippen LogP contribution is -2.26. The Kier molecular flexibility index (Phi) is 5.62. The van der Waals surface area contributed by atoms with Crippen molar-refractivity contribution in [2.24, 2.45) is 0 Å². The number of halogens is 8. The fourth-order valence-electron chi connectivity index (χ4n) is 1.90. The highest BCUT2D eigenvalue weighted by Gasteiger charge is 2.37. The van der Waals surface area contributed by atoms with Gasteiger partial charge < -0.3 is 9.47 Å². The lowest BCUT2D eigenvalue weighted by atomic mass is 10.2. The second-order valence-electron chi connectivity index (χ2n) is 5.01. The Bertz CT molecular complexity index is 842. The first-order valence-electron chi connectivity index (χ1n) is 6.97. The number of hydrogen-bond donors (Lipinski definition) is 0. The summed E-state index contributed by atoms with van der Waals surface area (Å²) < 4.78 is 111. The van der Waals surface area contributed by atoms with Crippen LogP contribution in [0.2, 0.25) is 0 Å². The molecule has 0 saturated carbocycles. The first-order chi connectivity index (χ1) is 12.8. The SMILES string of the molecule is O=C(Oc1cccc(C(F)(F)F)c1F)C(=O)Oc1cccc(C(F)(F)F)c1F. The Hall–Kier alpha value is -3.18. The molecule has 0 aliphatic rings. The number of benzene rings is 2. The van der Waals surface area contributed by atoms with Crippen molar-refractivity contribution in [3.63, 3.8) is 0 Å². The second-order valence-corrected chi connectivity index (χ2v) is 5.01. The summed E-state index contributed by atoms with van der Waals surface area (Å²) in [4.78, 5) is 23.1. The van der Waals surface area contributed by atoms with Crippen molar-refractivity contribution in [3.05, 3.63) is 59.2 Å². The van der Waals surface area contributed by atoms with Crippen LogP contribution in [0.1, 0.15) is 11.1 Å². The molecule has 0 aliphatic heterocycles. The molecular weight excluding hydrogens is 408 g/mol. The average Bonchev–Trinajstić information content (AvgIpc) is 2.56. The van der Waals surface area contributed by atoms with Crippen molar-refractivity contribution in [1.29, 1.82) is 0 Å². The molecule has 0 spiro atoms. The van der Waals surface area contributed by atoms with E-state index < -0.39 is 58.6 Å². The molecule has 0 saturated heterocycles. The minimum absolute atomic E-state index is 0.336. The van der Waals surface area contributed by atoms with E-state index in [1.165, 1.54) is 0 Å². The maximum Gasteiger partial charge on any atom is 0.423 e. The zero-order chi connectivity index (χ0) is 21.3. The largest absolute Gasteiger partial charge is 0.423 e. The molecule has 0 aromatic heterocycles. The zero-order valence-electron chi connectivity index (χ0n) is 13.1. The molecule has 2 aromatic carbocycles. The predicted octanol–water partition coefficient (Wildman–Crippen LogP) is 4.51. The third-order valence-corrected chi connectivity index (χ3v) is 3.11. The fourth-order valence-corrected chi connectivity index (χ4v) is 1.90. The molecule has 0 aliphatic carbocycles. The Balaban J connectivity index is 2.21. The molecule has 150 valence electrons. The van der Waals surface area contributed by atoms with Gasteiger partial charge in [-0.3, -0.25) is 0 Å². The highest BCUT2D eigenvalue weighted by atomic mass is 19.4. The number of esters is 2. The number of rotatable bonds is 2. The normalized spacial score (nSPS) is 11.9. The van der Waals surface area contributed by atoms with Crippen LogP contribution in [0.3, 0.4) is 0 Å². The summed E-state index contributed by atoms with van der Waals surface area (Å²) in [6, 6.07) is 3.19. The zero-order valence-corrected chi connectivity index (χ0v) is 13.1. The topological polar surface area (TPSA) is 52.6 Å². The monoisotopic (exact) mass is 414 g/mol. The van der Waals surface area contributed by atoms with E-state index in [2.05, 4.69) is 9.47 Å². The molecule has 0 bridgehead atoms. The number of carbonyl (C=O) groups excluding carboxylic acids is 2. The van der Waals surface area contributed by atoms with E-state index in [1.54, 1.807) is 0 Å². The van der Waals surface area contributed by atoms with Gasteiger partial charge in [0.05, 0.1) is 11.1 Å². The van der Waals surface area contributed by atoms with Gasteiger partial charge in [0.2, 0.25) is 0 Å². The van der Waals surface area contributed by atoms with Gasteiger partial charge in [-0.25, -0.2) is 18.4 Å². The highest BCUT2D eigenvalue weighted by Crippen LogP contribution is 2.36. The van der Waals surface area contributed by atoms with Gasteiger partial charge in [0.25, 0.3) is 0 Å². The van der Waals surface area contributed by atoms with E-state index >= 15 is 0 Å². The van der Waals surface area contributed by atoms with Crippen molar-refractivity contribution in [2.45, 2.75) is 12.4 Å². The van der Waals surface area contributed by atoms with Crippen molar-refractivity contribution in [2.75, 3.05) is 0 Å². The van der Waals surface area contributed by atoms with Crippen molar-refractivity contribution in [1.82, 2.24) is 0 Å². The first-order valence-corrected chi connectivity index (χ1v) is 6.97. The smallest absolute Gasteiger partial charge is 0.415 e. The van der Waals surface area contributed by atoms with Gasteiger partial charge in [-0.15, -0.1) is 0 Å². The number of carbonyl (C=O) groups is 2. The van der Waals surface area contributed by atoms with E-state index in [9.17, 15) is 44.7 Å². The van der Waals surface area contributed by atoms with Crippen LogP contribution in [0.4, 0.5) is 35.1 Å². The second kappa shape index (κ2) is 7.44. The van der Waals surface area contributed by atoms with Gasteiger partial charge in [-0.1, -0.05) is 12.1 Å². The molecule has 0 amide bonds. The third kappa shape index (κ3) is 4.56. The van der Waals surface area contributed by atoms with Gasteiger partial charge in [-0.2, -0.15) is 26.3 Å². The number of hydrogen-bond acceptors (Lipinski definition) is 4. The van der Waals surface area contributed by atoms with Crippen molar-refractivity contribution >= 4 is 11.9 Å². The Morgan fingerprint density at radius 2 is 0.964 bits per heavy atom. The lowest BCUT2D eigenvalue weighted by molar-refractivity contribution is -0.156. The molecule has 0 fully saturated rings. The quantitative estimate of drug-likeness (QED) is 0.314. The number of ether oxygens (including phenoxy) is 2. The lowest BCUT2D eigenvalue weighted by Gasteiger charge is -2.12. The van der Waals surface area contributed by atoms with Crippen LogP contribution in [-0.2, 0) is 21.9 Å². The summed E-state index contributed by atoms with van der Waals surface area (Å²) in [7, 11) is 0. The highest BCUT2D eigenvalue weighted by molar-refractivity contribution is 6.31. The molecule has 4 nitrogen and oxygen atoms in total. The minimum atomic E-state index is -5.13. The first kappa shape index (κ1) is 21.1. The summed E-state index contributed by atoms with van der Waals surface area (Å²) in [6.45, 7) is 0. The summed E-state index contributed by atoms with van der Waals surface area (Å²) in [6.07, 6.45) is -10.3. The maximum atomic E-state index is 13.7. The van der Waals surface area contributed by atoms with Gasteiger partial charge in [-0.05, 0) is 24.3 Å². The minimum Gasteiger partial charge on any atom is -0.415 e. The standard InChI is InChI=1S/C16H6F8O4/c17-11-7(15(19,20)21)3-1-5-9(11)27-13(25)14(26)28-10-6-2-4-8(12(10)18)16(22,23)24/h1-6H. The average molecular weight is 414 g/mol. The summed E-state index contributed by atoms with van der Waals surface area (Å²) in [5, 5.41) is 0. The van der Waals surface area contributed by atoms with E-state index in [1.807, 2.05) is 0 Å². The van der Waals surface area contributed by atoms with E-state index in [0.29, 0.717) is 36.4 Å². The van der Waals surface area contributed by atoms with Crippen LogP contribution >= 0.6 is 0 Å². The van der Waals surface area contributed by atoms with Crippen LogP contribution in [0.25, 0.3) is 0 Å². The van der Waals surface area contributed by atoms with Gasteiger partial charge in [0.15, 0.2) is 23.1 Å². The molecular formula is C16H6F8O4. The van der Waals surface area contributed by atoms with Gasteiger partial charge in [0, 0.05) is 0 Å². The van der Waals surface area contributed by atoms with Crippen LogP contribution in [-0.4, -0.2) is 11.9 Å². The fraction of sp³-hybridized carbons (Fsp3) is 0.125. The van der Waals surface area contributed by atoms with E-state index in [-0.39, 0.29) is 0 Å². The van der Waals surface area contributed by atoms with Crippen LogP contribution in [0, 0.1) is 11.6 Å². The predicted molar refractivity (Wildman–Crippen MR) is 74.1 cm³/mol. The van der Waals surface area contributed by atoms with Gasteiger partial charge >= 0.3 is 24.3 Å². The Morgan fingerprint density at radius 3 is 1.25 bits per heavy atom. The summed E-state index contributed by atoms with van der Waals surface area (Å²) in [5.74, 6) is -10.8. The van der Waals surface area contributed by atoms with E-state index in [4.69, 9.17) is 0 Å². The number of alkyl halides is 6. The van der Waals surface area contributed by atoms with Crippen LogP contribution < -0.4 is 9.47 Å². The third-order valence-electron chi connectivity index (χ3n) is 3.11. The molecule has 0 unspecified atom stereocenters. The maximum absolute atomic E-state index is 13.7. The summed E-state index contributed by atoms with van der Waals surface area (Å²) in [5.41, 5.74) is -3.59. The molecule has 0 N–H and O–H groups in total. The van der Waals surface area contributed by atoms with Crippen LogP contribution in [0.15, 0.2) is 36.4 Å². The van der Waals surface area contributed by atoms with Crippen molar-refractivity contribution in [3.8, 4) is 11.5 Å².